The Morgan fingerprint density at radius 2 is 2.20 bits per heavy atom. The number of nitrogens with zero attached hydrogens (tertiary/aromatic N) is 1. The first-order chi connectivity index (χ1) is 9.74. The highest BCUT2D eigenvalue weighted by molar-refractivity contribution is 5.66. The second-order valence-electron chi connectivity index (χ2n) is 5.77. The highest BCUT2D eigenvalue weighted by atomic mass is 16.5. The summed E-state index contributed by atoms with van der Waals surface area (Å²) in [6.07, 6.45) is 8.07. The van der Waals surface area contributed by atoms with Crippen LogP contribution in [-0.2, 0) is 16.0 Å². The predicted octanol–water partition coefficient (Wildman–Crippen LogP) is 3.20. The molecule has 2 aliphatic carbocycles. The van der Waals surface area contributed by atoms with Crippen molar-refractivity contribution in [1.82, 2.24) is 4.98 Å². The van der Waals surface area contributed by atoms with Crippen LogP contribution in [0.2, 0.25) is 0 Å². The van der Waals surface area contributed by atoms with Gasteiger partial charge in [0.15, 0.2) is 0 Å². The van der Waals surface area contributed by atoms with E-state index in [0.29, 0.717) is 0 Å². The molecule has 1 atom stereocenters. The number of carbonyl (C=O) groups is 1. The zero-order valence-corrected chi connectivity index (χ0v) is 11.9. The van der Waals surface area contributed by atoms with Gasteiger partial charge in [0.05, 0.1) is 12.3 Å². The lowest BCUT2D eigenvalue weighted by molar-refractivity contribution is -0.147. The summed E-state index contributed by atoms with van der Waals surface area (Å²) in [7, 11) is 0. The normalized spacial score (nSPS) is 21.8. The molecule has 0 saturated heterocycles. The Hall–Kier alpha value is -1.58. The van der Waals surface area contributed by atoms with Crippen LogP contribution in [-0.4, -0.2) is 17.6 Å². The molecule has 0 radical (unpaired) electrons. The number of aromatic nitrogens is 1. The van der Waals surface area contributed by atoms with Gasteiger partial charge in [0, 0.05) is 18.7 Å². The van der Waals surface area contributed by atoms with Crippen LogP contribution < -0.4 is 4.74 Å². The van der Waals surface area contributed by atoms with Crippen molar-refractivity contribution in [1.29, 1.82) is 0 Å². The molecule has 1 saturated carbocycles. The zero-order chi connectivity index (χ0) is 13.9. The molecule has 0 aliphatic heterocycles. The number of carbonyl (C=O) groups excluding carboxylic acids is 1. The Morgan fingerprint density at radius 3 is 2.95 bits per heavy atom. The molecule has 1 fully saturated rings. The van der Waals surface area contributed by atoms with E-state index in [9.17, 15) is 4.79 Å². The third kappa shape index (κ3) is 3.11. The maximum Gasteiger partial charge on any atom is 0.303 e. The van der Waals surface area contributed by atoms with Crippen LogP contribution in [0.4, 0.5) is 0 Å². The summed E-state index contributed by atoms with van der Waals surface area (Å²) < 4.78 is 11.4. The van der Waals surface area contributed by atoms with E-state index in [1.165, 1.54) is 19.8 Å². The first-order valence-corrected chi connectivity index (χ1v) is 7.52. The summed E-state index contributed by atoms with van der Waals surface area (Å²) in [4.78, 5) is 15.7. The van der Waals surface area contributed by atoms with Crippen molar-refractivity contribution in [2.24, 2.45) is 5.92 Å². The molecule has 0 aromatic carbocycles. The van der Waals surface area contributed by atoms with Gasteiger partial charge in [-0.3, -0.25) is 9.78 Å². The molecule has 2 aliphatic rings. The van der Waals surface area contributed by atoms with Crippen LogP contribution in [0.5, 0.6) is 5.75 Å². The Bertz CT molecular complexity index is 496. The minimum atomic E-state index is -0.242. The molecule has 0 amide bonds. The highest BCUT2D eigenvalue weighted by Crippen LogP contribution is 2.36. The number of pyridine rings is 1. The molecule has 1 unspecified atom stereocenters. The van der Waals surface area contributed by atoms with Crippen LogP contribution in [0.3, 0.4) is 0 Å². The lowest BCUT2D eigenvalue weighted by atomic mass is 10.1. The van der Waals surface area contributed by atoms with Crippen molar-refractivity contribution < 1.29 is 14.3 Å². The van der Waals surface area contributed by atoms with Gasteiger partial charge < -0.3 is 9.47 Å². The number of ether oxygens (including phenoxy) is 2. The largest absolute Gasteiger partial charge is 0.493 e. The van der Waals surface area contributed by atoms with Crippen molar-refractivity contribution in [3.8, 4) is 5.75 Å². The second kappa shape index (κ2) is 5.81. The van der Waals surface area contributed by atoms with E-state index in [-0.39, 0.29) is 12.1 Å². The van der Waals surface area contributed by atoms with Gasteiger partial charge in [-0.15, -0.1) is 0 Å². The summed E-state index contributed by atoms with van der Waals surface area (Å²) in [5.41, 5.74) is 2.03. The summed E-state index contributed by atoms with van der Waals surface area (Å²) in [5.74, 6) is 1.42. The lowest BCUT2D eigenvalue weighted by Gasteiger charge is -2.18. The number of fused-ring (bicyclic) bond motifs is 1. The molecule has 0 spiro atoms. The van der Waals surface area contributed by atoms with Gasteiger partial charge in [0.2, 0.25) is 0 Å². The molecular formula is C16H21NO3. The minimum absolute atomic E-state index is 0.213. The van der Waals surface area contributed by atoms with Gasteiger partial charge in [0.1, 0.15) is 11.9 Å². The van der Waals surface area contributed by atoms with E-state index in [2.05, 4.69) is 4.98 Å². The van der Waals surface area contributed by atoms with Crippen LogP contribution >= 0.6 is 0 Å². The molecular weight excluding hydrogens is 254 g/mol. The SMILES string of the molecule is CC(=O)OC1CCCCc2c(OCC3CC3)ccnc21. The average Bonchev–Trinajstić information content (AvgIpc) is 3.24. The second-order valence-corrected chi connectivity index (χ2v) is 5.77. The van der Waals surface area contributed by atoms with Gasteiger partial charge in [-0.1, -0.05) is 0 Å². The number of hydrogen-bond acceptors (Lipinski definition) is 4. The van der Waals surface area contributed by atoms with Crippen molar-refractivity contribution in [3.05, 3.63) is 23.5 Å². The Morgan fingerprint density at radius 1 is 1.35 bits per heavy atom. The van der Waals surface area contributed by atoms with E-state index < -0.39 is 0 Å². The van der Waals surface area contributed by atoms with Crippen LogP contribution in [0.25, 0.3) is 0 Å². The summed E-state index contributed by atoms with van der Waals surface area (Å²) in [6, 6.07) is 1.94. The fourth-order valence-electron chi connectivity index (χ4n) is 2.73. The molecule has 0 N–H and O–H groups in total. The van der Waals surface area contributed by atoms with Crippen LogP contribution in [0.1, 0.15) is 56.4 Å². The summed E-state index contributed by atoms with van der Waals surface area (Å²) in [5, 5.41) is 0. The highest BCUT2D eigenvalue weighted by Gasteiger charge is 2.26. The number of hydrogen-bond donors (Lipinski definition) is 0. The monoisotopic (exact) mass is 275 g/mol. The molecule has 3 rings (SSSR count). The standard InChI is InChI=1S/C16H21NO3/c1-11(18)20-15-5-3-2-4-13-14(8-9-17-16(13)15)19-10-12-6-7-12/h8-9,12,15H,2-7,10H2,1H3. The first-order valence-electron chi connectivity index (χ1n) is 7.52. The third-order valence-corrected chi connectivity index (χ3v) is 3.97. The number of esters is 1. The smallest absolute Gasteiger partial charge is 0.303 e. The lowest BCUT2D eigenvalue weighted by Crippen LogP contribution is -2.12. The first kappa shape index (κ1) is 13.4. The summed E-state index contributed by atoms with van der Waals surface area (Å²) in [6.45, 7) is 2.26. The van der Waals surface area contributed by atoms with E-state index in [1.54, 1.807) is 6.20 Å². The minimum Gasteiger partial charge on any atom is -0.493 e. The predicted molar refractivity (Wildman–Crippen MR) is 74.5 cm³/mol. The van der Waals surface area contributed by atoms with Crippen LogP contribution in [0, 0.1) is 5.92 Å². The fraction of sp³-hybridized carbons (Fsp3) is 0.625. The van der Waals surface area contributed by atoms with Crippen LogP contribution in [0.15, 0.2) is 12.3 Å². The third-order valence-electron chi connectivity index (χ3n) is 3.97. The summed E-state index contributed by atoms with van der Waals surface area (Å²) >= 11 is 0. The molecule has 20 heavy (non-hydrogen) atoms. The van der Waals surface area contributed by atoms with Gasteiger partial charge >= 0.3 is 5.97 Å². The van der Waals surface area contributed by atoms with Gasteiger partial charge in [-0.25, -0.2) is 0 Å². The van der Waals surface area contributed by atoms with Crippen molar-refractivity contribution in [2.75, 3.05) is 6.61 Å². The van der Waals surface area contributed by atoms with E-state index in [4.69, 9.17) is 9.47 Å². The van der Waals surface area contributed by atoms with E-state index >= 15 is 0 Å². The molecule has 4 heteroatoms. The zero-order valence-electron chi connectivity index (χ0n) is 11.9. The topological polar surface area (TPSA) is 48.4 Å². The maximum absolute atomic E-state index is 11.3. The molecule has 0 bridgehead atoms. The van der Waals surface area contributed by atoms with Gasteiger partial charge in [-0.05, 0) is 50.5 Å². The molecule has 4 nitrogen and oxygen atoms in total. The van der Waals surface area contributed by atoms with E-state index in [1.807, 2.05) is 6.07 Å². The molecule has 108 valence electrons. The molecule has 1 aromatic heterocycles. The van der Waals surface area contributed by atoms with E-state index in [0.717, 1.165) is 55.2 Å². The van der Waals surface area contributed by atoms with Gasteiger partial charge in [-0.2, -0.15) is 0 Å². The Labute approximate surface area is 119 Å². The molecule has 1 heterocycles. The molecule has 1 aromatic rings. The Kier molecular flexibility index (Phi) is 3.90. The van der Waals surface area contributed by atoms with Crippen molar-refractivity contribution >= 4 is 5.97 Å². The van der Waals surface area contributed by atoms with Gasteiger partial charge in [0.25, 0.3) is 0 Å². The van der Waals surface area contributed by atoms with Crippen molar-refractivity contribution in [2.45, 2.75) is 51.6 Å². The van der Waals surface area contributed by atoms with Crippen molar-refractivity contribution in [3.63, 3.8) is 0 Å². The fourth-order valence-corrected chi connectivity index (χ4v) is 2.73. The average molecular weight is 275 g/mol. The quantitative estimate of drug-likeness (QED) is 0.625. The number of rotatable bonds is 4. The maximum atomic E-state index is 11.3. The Balaban J connectivity index is 1.84.